The van der Waals surface area contributed by atoms with Crippen LogP contribution in [0.1, 0.15) is 136 Å². The molecule has 4 rings (SSSR count). The van der Waals surface area contributed by atoms with Crippen LogP contribution in [0, 0.1) is 0 Å². The first-order valence-electron chi connectivity index (χ1n) is 16.9. The summed E-state index contributed by atoms with van der Waals surface area (Å²) < 4.78 is 0. The fourth-order valence-electron chi connectivity index (χ4n) is 6.30. The van der Waals surface area contributed by atoms with Crippen LogP contribution >= 0.6 is 0 Å². The number of benzene rings is 2. The van der Waals surface area contributed by atoms with E-state index in [9.17, 15) is 19.2 Å². The Labute approximate surface area is 262 Å². The van der Waals surface area contributed by atoms with Crippen molar-refractivity contribution < 1.29 is 19.2 Å². The van der Waals surface area contributed by atoms with Crippen LogP contribution in [0.5, 0.6) is 0 Å². The number of unbranched alkanes of at least 4 members (excludes halogenated alkanes) is 5. The molecule has 0 saturated heterocycles. The van der Waals surface area contributed by atoms with Gasteiger partial charge in [0, 0.05) is 24.9 Å². The van der Waals surface area contributed by atoms with Crippen LogP contribution < -0.4 is 21.3 Å². The summed E-state index contributed by atoms with van der Waals surface area (Å²) in [6, 6.07) is 14.9. The topological polar surface area (TPSA) is 116 Å². The largest absolute Gasteiger partial charge is 0.349 e. The Morgan fingerprint density at radius 1 is 0.500 bits per heavy atom. The second-order valence-electron chi connectivity index (χ2n) is 12.4. The molecular formula is C36H50N4O4. The molecule has 0 heterocycles. The van der Waals surface area contributed by atoms with Gasteiger partial charge in [-0.05, 0) is 62.8 Å². The summed E-state index contributed by atoms with van der Waals surface area (Å²) in [7, 11) is 0. The lowest BCUT2D eigenvalue weighted by Crippen LogP contribution is -2.36. The minimum atomic E-state index is -0.120. The van der Waals surface area contributed by atoms with Gasteiger partial charge in [0.1, 0.15) is 0 Å². The van der Waals surface area contributed by atoms with Gasteiger partial charge in [-0.3, -0.25) is 19.2 Å². The molecule has 8 heteroatoms. The molecule has 0 radical (unpaired) electrons. The minimum absolute atomic E-state index is 0.0766. The van der Waals surface area contributed by atoms with Gasteiger partial charge in [0.25, 0.3) is 11.8 Å². The van der Waals surface area contributed by atoms with E-state index in [1.54, 1.807) is 24.3 Å². The highest BCUT2D eigenvalue weighted by Crippen LogP contribution is 2.22. The first-order chi connectivity index (χ1) is 21.5. The number of nitrogens with one attached hydrogen (secondary N) is 4. The zero-order chi connectivity index (χ0) is 31.0. The van der Waals surface area contributed by atoms with Gasteiger partial charge in [-0.1, -0.05) is 88.5 Å². The molecule has 2 aliphatic rings. The molecular weight excluding hydrogens is 552 g/mol. The van der Waals surface area contributed by atoms with Crippen LogP contribution in [0.25, 0.3) is 0 Å². The summed E-state index contributed by atoms with van der Waals surface area (Å²) in [4.78, 5) is 50.9. The van der Waals surface area contributed by atoms with Crippen molar-refractivity contribution in [1.82, 2.24) is 10.6 Å². The maximum absolute atomic E-state index is 12.8. The number of hydrogen-bond donors (Lipinski definition) is 4. The highest BCUT2D eigenvalue weighted by molar-refractivity contribution is 6.04. The van der Waals surface area contributed by atoms with Crippen molar-refractivity contribution in [3.05, 3.63) is 59.7 Å². The normalized spacial score (nSPS) is 15.7. The lowest BCUT2D eigenvalue weighted by atomic mass is 9.95. The van der Waals surface area contributed by atoms with E-state index in [4.69, 9.17) is 0 Å². The molecule has 2 aromatic carbocycles. The van der Waals surface area contributed by atoms with Crippen LogP contribution in [-0.2, 0) is 9.59 Å². The summed E-state index contributed by atoms with van der Waals surface area (Å²) in [5.41, 5.74) is 2.16. The van der Waals surface area contributed by atoms with E-state index < -0.39 is 0 Å². The minimum Gasteiger partial charge on any atom is -0.349 e. The third-order valence-electron chi connectivity index (χ3n) is 8.83. The molecule has 8 nitrogen and oxygen atoms in total. The summed E-state index contributed by atoms with van der Waals surface area (Å²) in [6.45, 7) is 0. The predicted molar refractivity (Wildman–Crippen MR) is 176 cm³/mol. The highest BCUT2D eigenvalue weighted by atomic mass is 16.2. The molecule has 0 atom stereocenters. The Balaban J connectivity index is 1.08. The van der Waals surface area contributed by atoms with Crippen molar-refractivity contribution >= 4 is 35.0 Å². The molecule has 0 aliphatic heterocycles. The van der Waals surface area contributed by atoms with E-state index in [1.165, 1.54) is 12.8 Å². The molecule has 238 valence electrons. The van der Waals surface area contributed by atoms with E-state index in [0.29, 0.717) is 35.3 Å². The van der Waals surface area contributed by atoms with Crippen molar-refractivity contribution in [2.75, 3.05) is 10.6 Å². The number of amides is 4. The van der Waals surface area contributed by atoms with E-state index in [2.05, 4.69) is 21.3 Å². The first-order valence-corrected chi connectivity index (χ1v) is 16.9. The number of para-hydroxylation sites is 2. The van der Waals surface area contributed by atoms with Gasteiger partial charge in [0.2, 0.25) is 11.8 Å². The number of rotatable bonds is 15. The van der Waals surface area contributed by atoms with Gasteiger partial charge in [0.05, 0.1) is 22.5 Å². The zero-order valence-electron chi connectivity index (χ0n) is 26.1. The van der Waals surface area contributed by atoms with E-state index in [-0.39, 0.29) is 35.7 Å². The van der Waals surface area contributed by atoms with Crippen molar-refractivity contribution in [3.8, 4) is 0 Å². The highest BCUT2D eigenvalue weighted by Gasteiger charge is 2.20. The van der Waals surface area contributed by atoms with Crippen molar-refractivity contribution in [3.63, 3.8) is 0 Å². The molecule has 0 bridgehead atoms. The summed E-state index contributed by atoms with van der Waals surface area (Å²) in [5.74, 6) is -0.392. The lowest BCUT2D eigenvalue weighted by molar-refractivity contribution is -0.117. The lowest BCUT2D eigenvalue weighted by Gasteiger charge is -2.23. The van der Waals surface area contributed by atoms with Gasteiger partial charge >= 0.3 is 0 Å². The Hall–Kier alpha value is -3.68. The van der Waals surface area contributed by atoms with Crippen LogP contribution in [0.4, 0.5) is 11.4 Å². The monoisotopic (exact) mass is 602 g/mol. The van der Waals surface area contributed by atoms with Crippen LogP contribution in [0.15, 0.2) is 48.5 Å². The molecule has 4 amide bonds. The average Bonchev–Trinajstić information content (AvgIpc) is 3.03. The fourth-order valence-corrected chi connectivity index (χ4v) is 6.30. The SMILES string of the molecule is O=C(CCCCCCCCC(=O)Nc1ccccc1C(=O)NC1CCCCC1)Nc1ccccc1C(=O)NC1CCCCC1. The molecule has 0 aromatic heterocycles. The molecule has 44 heavy (non-hydrogen) atoms. The average molecular weight is 603 g/mol. The molecule has 0 unspecified atom stereocenters. The summed E-state index contributed by atoms with van der Waals surface area (Å²) >= 11 is 0. The van der Waals surface area contributed by atoms with Gasteiger partial charge < -0.3 is 21.3 Å². The molecule has 2 saturated carbocycles. The van der Waals surface area contributed by atoms with Crippen molar-refractivity contribution in [1.29, 1.82) is 0 Å². The fraction of sp³-hybridized carbons (Fsp3) is 0.556. The van der Waals surface area contributed by atoms with Crippen molar-refractivity contribution in [2.45, 2.75) is 128 Å². The van der Waals surface area contributed by atoms with E-state index in [1.807, 2.05) is 24.3 Å². The smallest absolute Gasteiger partial charge is 0.253 e. The van der Waals surface area contributed by atoms with Crippen LogP contribution in [0.3, 0.4) is 0 Å². The van der Waals surface area contributed by atoms with E-state index in [0.717, 1.165) is 89.9 Å². The number of anilines is 2. The Bertz CT molecular complexity index is 1140. The van der Waals surface area contributed by atoms with Gasteiger partial charge in [-0.25, -0.2) is 0 Å². The number of carbonyl (C=O) groups is 4. The molecule has 2 aliphatic carbocycles. The number of hydrogen-bond acceptors (Lipinski definition) is 4. The first kappa shape index (κ1) is 33.2. The molecule has 2 aromatic rings. The van der Waals surface area contributed by atoms with Gasteiger partial charge in [-0.15, -0.1) is 0 Å². The maximum atomic E-state index is 12.8. The van der Waals surface area contributed by atoms with Crippen LogP contribution in [0.2, 0.25) is 0 Å². The van der Waals surface area contributed by atoms with Crippen LogP contribution in [-0.4, -0.2) is 35.7 Å². The molecule has 0 spiro atoms. The Kier molecular flexibility index (Phi) is 13.7. The Morgan fingerprint density at radius 3 is 1.27 bits per heavy atom. The summed E-state index contributed by atoms with van der Waals surface area (Å²) in [5, 5.41) is 12.1. The second kappa shape index (κ2) is 18.2. The van der Waals surface area contributed by atoms with Gasteiger partial charge in [0.15, 0.2) is 0 Å². The zero-order valence-corrected chi connectivity index (χ0v) is 26.1. The van der Waals surface area contributed by atoms with Gasteiger partial charge in [-0.2, -0.15) is 0 Å². The van der Waals surface area contributed by atoms with E-state index >= 15 is 0 Å². The van der Waals surface area contributed by atoms with Crippen molar-refractivity contribution in [2.24, 2.45) is 0 Å². The standard InChI is InChI=1S/C36H50N4O4/c41-33(39-31-23-15-13-21-29(31)35(43)37-27-17-7-5-8-18-27)25-11-3-1-2-4-12-26-34(42)40-32-24-16-14-22-30(32)36(44)38-28-19-9-6-10-20-28/h13-16,21-24,27-28H,1-12,17-20,25-26H2,(H,37,43)(H,38,44)(H,39,41)(H,40,42). The quantitative estimate of drug-likeness (QED) is 0.158. The predicted octanol–water partition coefficient (Wildman–Crippen LogP) is 7.51. The second-order valence-corrected chi connectivity index (χ2v) is 12.4. The molecule has 2 fully saturated rings. The molecule has 4 N–H and O–H groups in total. The third-order valence-corrected chi connectivity index (χ3v) is 8.83. The number of carbonyl (C=O) groups excluding carboxylic acids is 4. The maximum Gasteiger partial charge on any atom is 0.253 e. The Morgan fingerprint density at radius 2 is 0.864 bits per heavy atom. The summed E-state index contributed by atoms with van der Waals surface area (Å²) in [6.07, 6.45) is 17.4. The third kappa shape index (κ3) is 11.1.